The fourth-order valence-electron chi connectivity index (χ4n) is 1.80. The minimum atomic E-state index is -0.986. The van der Waals surface area contributed by atoms with E-state index in [-0.39, 0.29) is 11.9 Å². The summed E-state index contributed by atoms with van der Waals surface area (Å²) in [6, 6.07) is 7.14. The Labute approximate surface area is 121 Å². The van der Waals surface area contributed by atoms with E-state index >= 15 is 0 Å². The van der Waals surface area contributed by atoms with Crippen LogP contribution < -0.4 is 5.32 Å². The summed E-state index contributed by atoms with van der Waals surface area (Å²) in [4.78, 5) is 22.3. The second-order valence-electron chi connectivity index (χ2n) is 4.52. The topological polar surface area (TPSA) is 95.1 Å². The summed E-state index contributed by atoms with van der Waals surface area (Å²) < 4.78 is 0. The van der Waals surface area contributed by atoms with Crippen LogP contribution in [0.25, 0.3) is 6.08 Å². The third-order valence-corrected chi connectivity index (χ3v) is 2.96. The molecule has 2 aromatic rings. The molecule has 1 atom stereocenters. The number of carboxylic acids is 1. The number of aliphatic carboxylic acids is 1. The second kappa shape index (κ2) is 6.51. The maximum Gasteiger partial charge on any atom is 0.328 e. The highest BCUT2D eigenvalue weighted by Crippen LogP contribution is 2.15. The highest BCUT2D eigenvalue weighted by Gasteiger charge is 2.11. The van der Waals surface area contributed by atoms with E-state index in [0.29, 0.717) is 5.56 Å². The van der Waals surface area contributed by atoms with Gasteiger partial charge in [0.25, 0.3) is 5.91 Å². The number of carbonyl (C=O) groups excluding carboxylic acids is 1. The fraction of sp³-hybridized carbons (Fsp3) is 0.133. The van der Waals surface area contributed by atoms with Crippen molar-refractivity contribution in [2.75, 3.05) is 0 Å². The number of hydrogen-bond donors (Lipinski definition) is 3. The molecule has 1 amide bonds. The Hall–Kier alpha value is -2.89. The Bertz CT molecular complexity index is 645. The summed E-state index contributed by atoms with van der Waals surface area (Å²) >= 11 is 0. The molecule has 0 aliphatic heterocycles. The average Bonchev–Trinajstić information content (AvgIpc) is 3.00. The van der Waals surface area contributed by atoms with E-state index < -0.39 is 5.97 Å². The number of nitrogens with zero attached hydrogens (tertiary/aromatic N) is 1. The molecule has 0 saturated carbocycles. The molecular formula is C15H15N3O3. The third-order valence-electron chi connectivity index (χ3n) is 2.96. The van der Waals surface area contributed by atoms with E-state index in [1.54, 1.807) is 12.1 Å². The Morgan fingerprint density at radius 1 is 1.33 bits per heavy atom. The summed E-state index contributed by atoms with van der Waals surface area (Å²) in [6.07, 6.45) is 5.59. The van der Waals surface area contributed by atoms with Crippen molar-refractivity contribution in [2.24, 2.45) is 0 Å². The monoisotopic (exact) mass is 285 g/mol. The summed E-state index contributed by atoms with van der Waals surface area (Å²) in [6.45, 7) is 1.88. The van der Waals surface area contributed by atoms with E-state index in [0.717, 1.165) is 17.2 Å². The lowest BCUT2D eigenvalue weighted by molar-refractivity contribution is -0.131. The van der Waals surface area contributed by atoms with Crippen LogP contribution in [0, 0.1) is 0 Å². The molecule has 6 heteroatoms. The first-order valence-corrected chi connectivity index (χ1v) is 6.37. The highest BCUT2D eigenvalue weighted by molar-refractivity contribution is 5.93. The molecule has 3 N–H and O–H groups in total. The number of aromatic nitrogens is 2. The van der Waals surface area contributed by atoms with Gasteiger partial charge < -0.3 is 10.4 Å². The maximum atomic E-state index is 11.9. The molecule has 0 fully saturated rings. The number of nitrogens with one attached hydrogen (secondary N) is 2. The van der Waals surface area contributed by atoms with Gasteiger partial charge in [-0.1, -0.05) is 24.3 Å². The zero-order chi connectivity index (χ0) is 15.2. The minimum absolute atomic E-state index is 0.162. The standard InChI is InChI=1S/C15H15N3O3/c1-10(18-15(21)13-8-16-17-9-13)12-5-2-11(3-6-12)4-7-14(19)20/h2-10H,1H3,(H,16,17)(H,18,21)(H,19,20). The van der Waals surface area contributed by atoms with Crippen LogP contribution in [0.4, 0.5) is 0 Å². The number of aromatic amines is 1. The van der Waals surface area contributed by atoms with Gasteiger partial charge in [0, 0.05) is 12.3 Å². The van der Waals surface area contributed by atoms with Gasteiger partial charge in [0.15, 0.2) is 0 Å². The first kappa shape index (κ1) is 14.5. The highest BCUT2D eigenvalue weighted by atomic mass is 16.4. The molecule has 1 heterocycles. The summed E-state index contributed by atoms with van der Waals surface area (Å²) in [5, 5.41) is 17.7. The van der Waals surface area contributed by atoms with Gasteiger partial charge in [-0.2, -0.15) is 5.10 Å². The molecule has 0 aliphatic rings. The maximum absolute atomic E-state index is 11.9. The quantitative estimate of drug-likeness (QED) is 0.732. The lowest BCUT2D eigenvalue weighted by Crippen LogP contribution is -2.26. The van der Waals surface area contributed by atoms with Crippen LogP contribution in [0.15, 0.2) is 42.7 Å². The van der Waals surface area contributed by atoms with Crippen molar-refractivity contribution in [3.8, 4) is 0 Å². The van der Waals surface area contributed by atoms with Gasteiger partial charge in [-0.05, 0) is 24.1 Å². The number of carboxylic acid groups (broad SMARTS) is 1. The van der Waals surface area contributed by atoms with Gasteiger partial charge in [0.1, 0.15) is 0 Å². The Kier molecular flexibility index (Phi) is 4.50. The molecule has 0 radical (unpaired) electrons. The van der Waals surface area contributed by atoms with Gasteiger partial charge >= 0.3 is 5.97 Å². The van der Waals surface area contributed by atoms with Gasteiger partial charge in [-0.3, -0.25) is 9.89 Å². The average molecular weight is 285 g/mol. The lowest BCUT2D eigenvalue weighted by atomic mass is 10.1. The molecule has 21 heavy (non-hydrogen) atoms. The van der Waals surface area contributed by atoms with Crippen molar-refractivity contribution in [1.82, 2.24) is 15.5 Å². The lowest BCUT2D eigenvalue weighted by Gasteiger charge is -2.13. The summed E-state index contributed by atoms with van der Waals surface area (Å²) in [5.74, 6) is -1.19. The largest absolute Gasteiger partial charge is 0.478 e. The zero-order valence-corrected chi connectivity index (χ0v) is 11.4. The van der Waals surface area contributed by atoms with Crippen LogP contribution >= 0.6 is 0 Å². The molecule has 0 spiro atoms. The minimum Gasteiger partial charge on any atom is -0.478 e. The molecule has 1 aromatic heterocycles. The first-order valence-electron chi connectivity index (χ1n) is 6.37. The number of benzene rings is 1. The predicted molar refractivity (Wildman–Crippen MR) is 77.6 cm³/mol. The van der Waals surface area contributed by atoms with Crippen LogP contribution in [-0.2, 0) is 4.79 Å². The fourth-order valence-corrected chi connectivity index (χ4v) is 1.80. The molecule has 6 nitrogen and oxygen atoms in total. The van der Waals surface area contributed by atoms with Crippen molar-refractivity contribution >= 4 is 18.0 Å². The van der Waals surface area contributed by atoms with E-state index in [4.69, 9.17) is 5.11 Å². The van der Waals surface area contributed by atoms with E-state index in [9.17, 15) is 9.59 Å². The Morgan fingerprint density at radius 2 is 2.05 bits per heavy atom. The van der Waals surface area contributed by atoms with Crippen LogP contribution in [-0.4, -0.2) is 27.2 Å². The van der Waals surface area contributed by atoms with Crippen molar-refractivity contribution in [2.45, 2.75) is 13.0 Å². The second-order valence-corrected chi connectivity index (χ2v) is 4.52. The van der Waals surface area contributed by atoms with Crippen molar-refractivity contribution in [3.63, 3.8) is 0 Å². The molecule has 0 bridgehead atoms. The van der Waals surface area contributed by atoms with Crippen LogP contribution in [0.5, 0.6) is 0 Å². The Morgan fingerprint density at radius 3 is 2.62 bits per heavy atom. The molecule has 0 saturated heterocycles. The summed E-state index contributed by atoms with van der Waals surface area (Å²) in [5.41, 5.74) is 2.19. The molecular weight excluding hydrogens is 270 g/mol. The van der Waals surface area contributed by atoms with Crippen molar-refractivity contribution in [3.05, 3.63) is 59.4 Å². The molecule has 2 rings (SSSR count). The summed E-state index contributed by atoms with van der Waals surface area (Å²) in [7, 11) is 0. The van der Waals surface area contributed by atoms with Crippen LogP contribution in [0.1, 0.15) is 34.5 Å². The number of rotatable bonds is 5. The molecule has 1 aromatic carbocycles. The van der Waals surface area contributed by atoms with Gasteiger partial charge in [0.2, 0.25) is 0 Å². The van der Waals surface area contributed by atoms with Gasteiger partial charge in [-0.15, -0.1) is 0 Å². The van der Waals surface area contributed by atoms with Crippen molar-refractivity contribution in [1.29, 1.82) is 0 Å². The zero-order valence-electron chi connectivity index (χ0n) is 11.4. The van der Waals surface area contributed by atoms with Gasteiger partial charge in [-0.25, -0.2) is 4.79 Å². The number of hydrogen-bond acceptors (Lipinski definition) is 3. The van der Waals surface area contributed by atoms with Crippen molar-refractivity contribution < 1.29 is 14.7 Å². The first-order chi connectivity index (χ1) is 10.1. The smallest absolute Gasteiger partial charge is 0.328 e. The Balaban J connectivity index is 2.01. The van der Waals surface area contributed by atoms with E-state index in [1.165, 1.54) is 18.5 Å². The third kappa shape index (κ3) is 4.04. The normalized spacial score (nSPS) is 12.2. The number of amides is 1. The van der Waals surface area contributed by atoms with E-state index in [2.05, 4.69) is 15.5 Å². The number of H-pyrrole nitrogens is 1. The van der Waals surface area contributed by atoms with E-state index in [1.807, 2.05) is 19.1 Å². The van der Waals surface area contributed by atoms with Gasteiger partial charge in [0.05, 0.1) is 17.8 Å². The SMILES string of the molecule is CC(NC(=O)c1cn[nH]c1)c1ccc(C=CC(=O)O)cc1. The molecule has 1 unspecified atom stereocenters. The predicted octanol–water partition coefficient (Wildman–Crippen LogP) is 2.00. The van der Waals surface area contributed by atoms with Crippen LogP contribution in [0.3, 0.4) is 0 Å². The van der Waals surface area contributed by atoms with Crippen LogP contribution in [0.2, 0.25) is 0 Å². The number of carbonyl (C=O) groups is 2. The molecule has 108 valence electrons. The molecule has 0 aliphatic carbocycles.